The van der Waals surface area contributed by atoms with Crippen molar-refractivity contribution in [3.63, 3.8) is 0 Å². The SMILES string of the molecule is COCCCNC(=O)c1csc(-c2cc3ccccc3n2C)n1. The Balaban J connectivity index is 1.78. The summed E-state index contributed by atoms with van der Waals surface area (Å²) in [4.78, 5) is 16.6. The number of para-hydroxylation sites is 1. The van der Waals surface area contributed by atoms with Crippen molar-refractivity contribution < 1.29 is 9.53 Å². The van der Waals surface area contributed by atoms with Crippen LogP contribution in [0.4, 0.5) is 0 Å². The lowest BCUT2D eigenvalue weighted by Gasteiger charge is -2.02. The van der Waals surface area contributed by atoms with E-state index in [4.69, 9.17) is 4.74 Å². The number of hydrogen-bond acceptors (Lipinski definition) is 4. The molecule has 120 valence electrons. The molecule has 0 radical (unpaired) electrons. The largest absolute Gasteiger partial charge is 0.385 e. The molecule has 0 fully saturated rings. The van der Waals surface area contributed by atoms with Crippen molar-refractivity contribution in [1.82, 2.24) is 14.9 Å². The van der Waals surface area contributed by atoms with E-state index in [0.29, 0.717) is 18.8 Å². The van der Waals surface area contributed by atoms with Crippen molar-refractivity contribution in [2.45, 2.75) is 6.42 Å². The molecule has 0 spiro atoms. The number of nitrogens with zero attached hydrogens (tertiary/aromatic N) is 2. The molecule has 2 heterocycles. The third-order valence-electron chi connectivity index (χ3n) is 3.72. The summed E-state index contributed by atoms with van der Waals surface area (Å²) in [6.45, 7) is 1.23. The molecule has 0 unspecified atom stereocenters. The Morgan fingerprint density at radius 1 is 1.39 bits per heavy atom. The number of aryl methyl sites for hydroxylation is 1. The minimum Gasteiger partial charge on any atom is -0.385 e. The van der Waals surface area contributed by atoms with Gasteiger partial charge in [0.15, 0.2) is 0 Å². The van der Waals surface area contributed by atoms with Gasteiger partial charge in [-0.25, -0.2) is 4.98 Å². The van der Waals surface area contributed by atoms with Crippen molar-refractivity contribution in [1.29, 1.82) is 0 Å². The highest BCUT2D eigenvalue weighted by atomic mass is 32.1. The monoisotopic (exact) mass is 329 g/mol. The average Bonchev–Trinajstić information content (AvgIpc) is 3.17. The van der Waals surface area contributed by atoms with Crippen molar-refractivity contribution in [2.24, 2.45) is 7.05 Å². The molecular formula is C17H19N3O2S. The van der Waals surface area contributed by atoms with Crippen LogP contribution in [0.2, 0.25) is 0 Å². The number of amides is 1. The van der Waals surface area contributed by atoms with Crippen LogP contribution in [-0.2, 0) is 11.8 Å². The Hall–Kier alpha value is -2.18. The maximum Gasteiger partial charge on any atom is 0.270 e. The molecule has 23 heavy (non-hydrogen) atoms. The first-order valence-corrected chi connectivity index (χ1v) is 8.36. The van der Waals surface area contributed by atoms with Crippen LogP contribution in [0.25, 0.3) is 21.6 Å². The van der Waals surface area contributed by atoms with Crippen LogP contribution in [-0.4, -0.2) is 35.7 Å². The number of methoxy groups -OCH3 is 1. The van der Waals surface area contributed by atoms with Crippen molar-refractivity contribution in [3.05, 3.63) is 41.4 Å². The van der Waals surface area contributed by atoms with Crippen LogP contribution in [0, 0.1) is 0 Å². The first-order valence-electron chi connectivity index (χ1n) is 7.48. The molecule has 1 N–H and O–H groups in total. The average molecular weight is 329 g/mol. The van der Waals surface area contributed by atoms with Gasteiger partial charge in [0.1, 0.15) is 10.7 Å². The second kappa shape index (κ2) is 6.93. The zero-order valence-electron chi connectivity index (χ0n) is 13.2. The number of fused-ring (bicyclic) bond motifs is 1. The van der Waals surface area contributed by atoms with Gasteiger partial charge in [0.25, 0.3) is 5.91 Å². The van der Waals surface area contributed by atoms with E-state index in [9.17, 15) is 4.79 Å². The molecule has 1 amide bonds. The maximum absolute atomic E-state index is 12.1. The summed E-state index contributed by atoms with van der Waals surface area (Å²) in [5, 5.41) is 6.69. The Kier molecular flexibility index (Phi) is 4.73. The first-order chi connectivity index (χ1) is 11.2. The molecule has 0 bridgehead atoms. The second-order valence-electron chi connectivity index (χ2n) is 5.29. The Labute approximate surface area is 138 Å². The third-order valence-corrected chi connectivity index (χ3v) is 4.58. The predicted molar refractivity (Wildman–Crippen MR) is 92.9 cm³/mol. The lowest BCUT2D eigenvalue weighted by molar-refractivity contribution is 0.0944. The lowest BCUT2D eigenvalue weighted by Crippen LogP contribution is -2.25. The molecule has 0 aliphatic rings. The number of carbonyl (C=O) groups excluding carboxylic acids is 1. The van der Waals surface area contributed by atoms with Crippen LogP contribution in [0.5, 0.6) is 0 Å². The normalized spacial score (nSPS) is 11.0. The highest BCUT2D eigenvalue weighted by molar-refractivity contribution is 7.13. The number of benzene rings is 1. The van der Waals surface area contributed by atoms with Gasteiger partial charge in [0.05, 0.1) is 5.69 Å². The molecule has 6 heteroatoms. The van der Waals surface area contributed by atoms with Crippen LogP contribution in [0.1, 0.15) is 16.9 Å². The Bertz CT molecular complexity index is 822. The molecule has 0 aliphatic heterocycles. The van der Waals surface area contributed by atoms with Gasteiger partial charge in [-0.3, -0.25) is 4.79 Å². The fourth-order valence-corrected chi connectivity index (χ4v) is 3.35. The van der Waals surface area contributed by atoms with Crippen LogP contribution >= 0.6 is 11.3 Å². The zero-order chi connectivity index (χ0) is 16.2. The van der Waals surface area contributed by atoms with Crippen LogP contribution in [0.15, 0.2) is 35.7 Å². The summed E-state index contributed by atoms with van der Waals surface area (Å²) in [6.07, 6.45) is 0.794. The molecule has 0 saturated carbocycles. The van der Waals surface area contributed by atoms with E-state index < -0.39 is 0 Å². The summed E-state index contributed by atoms with van der Waals surface area (Å²) in [5.74, 6) is -0.137. The smallest absolute Gasteiger partial charge is 0.270 e. The molecule has 5 nitrogen and oxygen atoms in total. The number of carbonyl (C=O) groups is 1. The van der Waals surface area contributed by atoms with Gasteiger partial charge >= 0.3 is 0 Å². The van der Waals surface area contributed by atoms with Gasteiger partial charge in [0, 0.05) is 43.6 Å². The molecule has 0 saturated heterocycles. The summed E-state index contributed by atoms with van der Waals surface area (Å²) in [6, 6.07) is 10.3. The molecular weight excluding hydrogens is 310 g/mol. The maximum atomic E-state index is 12.1. The second-order valence-corrected chi connectivity index (χ2v) is 6.15. The van der Waals surface area contributed by atoms with Crippen molar-refractivity contribution >= 4 is 28.1 Å². The van der Waals surface area contributed by atoms with E-state index in [1.54, 1.807) is 12.5 Å². The zero-order valence-corrected chi connectivity index (χ0v) is 14.0. The minimum atomic E-state index is -0.137. The van der Waals surface area contributed by atoms with Crippen molar-refractivity contribution in [3.8, 4) is 10.7 Å². The number of hydrogen-bond donors (Lipinski definition) is 1. The fourth-order valence-electron chi connectivity index (χ4n) is 2.50. The topological polar surface area (TPSA) is 56.1 Å². The minimum absolute atomic E-state index is 0.137. The number of ether oxygens (including phenoxy) is 1. The summed E-state index contributed by atoms with van der Waals surface area (Å²) < 4.78 is 7.07. The Morgan fingerprint density at radius 3 is 3.00 bits per heavy atom. The molecule has 3 aromatic rings. The molecule has 2 aromatic heterocycles. The first kappa shape index (κ1) is 15.7. The van der Waals surface area contributed by atoms with Gasteiger partial charge in [-0.05, 0) is 18.6 Å². The summed E-state index contributed by atoms with van der Waals surface area (Å²) in [7, 11) is 3.67. The number of nitrogens with one attached hydrogen (secondary N) is 1. The van der Waals surface area contributed by atoms with Gasteiger partial charge in [-0.1, -0.05) is 18.2 Å². The van der Waals surface area contributed by atoms with Crippen LogP contribution in [0.3, 0.4) is 0 Å². The number of rotatable bonds is 6. The third kappa shape index (κ3) is 3.28. The van der Waals surface area contributed by atoms with Gasteiger partial charge < -0.3 is 14.6 Å². The van der Waals surface area contributed by atoms with Gasteiger partial charge in [-0.15, -0.1) is 11.3 Å². The van der Waals surface area contributed by atoms with Gasteiger partial charge in [0.2, 0.25) is 0 Å². The number of thiazole rings is 1. The molecule has 0 aliphatic carbocycles. The number of aromatic nitrogens is 2. The van der Waals surface area contributed by atoms with Crippen LogP contribution < -0.4 is 5.32 Å². The quantitative estimate of drug-likeness (QED) is 0.707. The van der Waals surface area contributed by atoms with E-state index in [0.717, 1.165) is 22.6 Å². The van der Waals surface area contributed by atoms with E-state index in [-0.39, 0.29) is 5.91 Å². The molecule has 0 atom stereocenters. The van der Waals surface area contributed by atoms with E-state index in [2.05, 4.69) is 33.1 Å². The van der Waals surface area contributed by atoms with E-state index in [1.165, 1.54) is 16.7 Å². The van der Waals surface area contributed by atoms with E-state index in [1.807, 2.05) is 19.2 Å². The van der Waals surface area contributed by atoms with Gasteiger partial charge in [-0.2, -0.15) is 0 Å². The highest BCUT2D eigenvalue weighted by Gasteiger charge is 2.14. The molecule has 3 rings (SSSR count). The lowest BCUT2D eigenvalue weighted by atomic mass is 10.2. The standard InChI is InChI=1S/C17H19N3O2S/c1-20-14-7-4-3-6-12(14)10-15(20)17-19-13(11-23-17)16(21)18-8-5-9-22-2/h3-4,6-7,10-11H,5,8-9H2,1-2H3,(H,18,21). The Morgan fingerprint density at radius 2 is 2.22 bits per heavy atom. The van der Waals surface area contributed by atoms with E-state index >= 15 is 0 Å². The van der Waals surface area contributed by atoms with Crippen molar-refractivity contribution in [2.75, 3.05) is 20.3 Å². The fraction of sp³-hybridized carbons (Fsp3) is 0.294. The highest BCUT2D eigenvalue weighted by Crippen LogP contribution is 2.29. The predicted octanol–water partition coefficient (Wildman–Crippen LogP) is 3.07. The summed E-state index contributed by atoms with van der Waals surface area (Å²) in [5.41, 5.74) is 2.64. The summed E-state index contributed by atoms with van der Waals surface area (Å²) >= 11 is 1.49. The molecule has 1 aromatic carbocycles.